The fourth-order valence-electron chi connectivity index (χ4n) is 1.94. The molecule has 102 valence electrons. The van der Waals surface area contributed by atoms with Crippen molar-refractivity contribution in [3.05, 3.63) is 35.0 Å². The van der Waals surface area contributed by atoms with Crippen molar-refractivity contribution in [3.8, 4) is 10.7 Å². The van der Waals surface area contributed by atoms with E-state index in [1.165, 1.54) is 10.6 Å². The number of nitrogens with zero attached hydrogens (tertiary/aromatic N) is 2. The van der Waals surface area contributed by atoms with Gasteiger partial charge in [-0.05, 0) is 17.5 Å². The number of pyridine rings is 1. The molecule has 2 nitrogen and oxygen atoms in total. The van der Waals surface area contributed by atoms with Crippen LogP contribution in [0.15, 0.2) is 24.4 Å². The van der Waals surface area contributed by atoms with E-state index < -0.39 is 0 Å². The molecule has 3 heteroatoms. The molecule has 0 atom stereocenters. The van der Waals surface area contributed by atoms with Crippen LogP contribution in [0, 0.1) is 0 Å². The zero-order valence-corrected chi connectivity index (χ0v) is 13.4. The highest BCUT2D eigenvalue weighted by Gasteiger charge is 2.30. The van der Waals surface area contributed by atoms with Crippen molar-refractivity contribution < 1.29 is 0 Å². The van der Waals surface area contributed by atoms with Gasteiger partial charge >= 0.3 is 0 Å². The van der Waals surface area contributed by atoms with Crippen molar-refractivity contribution in [1.82, 2.24) is 9.97 Å². The lowest BCUT2D eigenvalue weighted by atomic mass is 9.84. The number of hydrogen-bond donors (Lipinski definition) is 0. The smallest absolute Gasteiger partial charge is 0.142 e. The third-order valence-electron chi connectivity index (χ3n) is 2.90. The molecular formula is C16H22N2S. The van der Waals surface area contributed by atoms with Crippen molar-refractivity contribution in [2.45, 2.75) is 52.4 Å². The Kier molecular flexibility index (Phi) is 3.52. The average molecular weight is 274 g/mol. The van der Waals surface area contributed by atoms with E-state index in [0.717, 1.165) is 10.7 Å². The summed E-state index contributed by atoms with van der Waals surface area (Å²) in [5.74, 6) is 0. The molecule has 0 aliphatic carbocycles. The average Bonchev–Trinajstić information content (AvgIpc) is 2.74. The molecule has 0 unspecified atom stereocenters. The van der Waals surface area contributed by atoms with Gasteiger partial charge in [0.15, 0.2) is 0 Å². The summed E-state index contributed by atoms with van der Waals surface area (Å²) in [6.07, 6.45) is 1.82. The predicted molar refractivity (Wildman–Crippen MR) is 82.7 cm³/mol. The second-order valence-corrected chi connectivity index (χ2v) is 7.91. The van der Waals surface area contributed by atoms with Crippen LogP contribution in [-0.4, -0.2) is 9.97 Å². The highest BCUT2D eigenvalue weighted by molar-refractivity contribution is 7.15. The summed E-state index contributed by atoms with van der Waals surface area (Å²) in [7, 11) is 0. The highest BCUT2D eigenvalue weighted by atomic mass is 32.1. The van der Waals surface area contributed by atoms with E-state index in [9.17, 15) is 0 Å². The molecule has 2 rings (SSSR count). The molecular weight excluding hydrogens is 252 g/mol. The summed E-state index contributed by atoms with van der Waals surface area (Å²) >= 11 is 1.77. The summed E-state index contributed by atoms with van der Waals surface area (Å²) < 4.78 is 0. The second kappa shape index (κ2) is 4.71. The van der Waals surface area contributed by atoms with Gasteiger partial charge in [-0.25, -0.2) is 4.98 Å². The first-order valence-corrected chi connectivity index (χ1v) is 7.44. The monoisotopic (exact) mass is 274 g/mol. The van der Waals surface area contributed by atoms with E-state index in [1.54, 1.807) is 11.3 Å². The van der Waals surface area contributed by atoms with Crippen LogP contribution in [0.4, 0.5) is 0 Å². The second-order valence-electron chi connectivity index (χ2n) is 6.91. The van der Waals surface area contributed by atoms with Crippen LogP contribution in [0.3, 0.4) is 0 Å². The predicted octanol–water partition coefficient (Wildman–Crippen LogP) is 4.80. The molecule has 2 aromatic heterocycles. The molecule has 0 amide bonds. The minimum absolute atomic E-state index is 0.0617. The van der Waals surface area contributed by atoms with Crippen LogP contribution in [0.5, 0.6) is 0 Å². The first kappa shape index (κ1) is 14.2. The molecule has 0 aliphatic heterocycles. The number of hydrogen-bond acceptors (Lipinski definition) is 3. The molecule has 0 saturated heterocycles. The molecule has 2 aromatic rings. The van der Waals surface area contributed by atoms with E-state index in [4.69, 9.17) is 4.98 Å². The Morgan fingerprint density at radius 3 is 2.05 bits per heavy atom. The normalized spacial score (nSPS) is 12.7. The molecule has 19 heavy (non-hydrogen) atoms. The molecule has 0 aliphatic rings. The van der Waals surface area contributed by atoms with Gasteiger partial charge in [0, 0.05) is 16.5 Å². The molecule has 2 heterocycles. The van der Waals surface area contributed by atoms with Gasteiger partial charge in [-0.2, -0.15) is 0 Å². The van der Waals surface area contributed by atoms with Gasteiger partial charge in [0.25, 0.3) is 0 Å². The van der Waals surface area contributed by atoms with Crippen LogP contribution < -0.4 is 0 Å². The van der Waals surface area contributed by atoms with E-state index >= 15 is 0 Å². The summed E-state index contributed by atoms with van der Waals surface area (Å²) in [5, 5.41) is 1.02. The van der Waals surface area contributed by atoms with Crippen LogP contribution in [0.2, 0.25) is 0 Å². The molecule has 0 bridgehead atoms. The van der Waals surface area contributed by atoms with Gasteiger partial charge < -0.3 is 0 Å². The lowest BCUT2D eigenvalue weighted by Gasteiger charge is -2.24. The maximum atomic E-state index is 4.87. The van der Waals surface area contributed by atoms with E-state index in [0.29, 0.717) is 0 Å². The fraction of sp³-hybridized carbons (Fsp3) is 0.500. The Labute approximate surface area is 119 Å². The van der Waals surface area contributed by atoms with E-state index in [1.807, 2.05) is 24.4 Å². The quantitative estimate of drug-likeness (QED) is 0.746. The molecule has 0 aromatic carbocycles. The van der Waals surface area contributed by atoms with Crippen molar-refractivity contribution in [2.75, 3.05) is 0 Å². The number of aromatic nitrogens is 2. The first-order chi connectivity index (χ1) is 8.69. The van der Waals surface area contributed by atoms with E-state index in [2.05, 4.69) is 46.5 Å². The van der Waals surface area contributed by atoms with Gasteiger partial charge in [-0.1, -0.05) is 47.6 Å². The topological polar surface area (TPSA) is 25.8 Å². The largest absolute Gasteiger partial charge is 0.254 e. The maximum Gasteiger partial charge on any atom is 0.142 e. The molecule has 0 fully saturated rings. The zero-order valence-electron chi connectivity index (χ0n) is 12.6. The Morgan fingerprint density at radius 2 is 1.63 bits per heavy atom. The zero-order chi connectivity index (χ0) is 14.3. The minimum atomic E-state index is 0.0617. The first-order valence-electron chi connectivity index (χ1n) is 6.63. The van der Waals surface area contributed by atoms with Crippen LogP contribution >= 0.6 is 11.3 Å². The van der Waals surface area contributed by atoms with Gasteiger partial charge in [0.2, 0.25) is 0 Å². The summed E-state index contributed by atoms with van der Waals surface area (Å²) in [6, 6.07) is 5.97. The third-order valence-corrected chi connectivity index (χ3v) is 4.41. The standard InChI is InChI=1S/C16H22N2S/c1-15(2,3)12-13(16(4,5)6)19-14(18-12)11-9-7-8-10-17-11/h7-10H,1-6H3. The van der Waals surface area contributed by atoms with Crippen LogP contribution in [0.25, 0.3) is 10.7 Å². The van der Waals surface area contributed by atoms with Crippen molar-refractivity contribution >= 4 is 11.3 Å². The maximum absolute atomic E-state index is 4.87. The Hall–Kier alpha value is -1.22. The van der Waals surface area contributed by atoms with Gasteiger partial charge in [0.1, 0.15) is 5.01 Å². The SMILES string of the molecule is CC(C)(C)c1nc(-c2ccccn2)sc1C(C)(C)C. The molecule has 0 N–H and O–H groups in total. The molecule has 0 spiro atoms. The summed E-state index contributed by atoms with van der Waals surface area (Å²) in [4.78, 5) is 10.7. The Bertz CT molecular complexity index is 525. The molecule has 0 saturated carbocycles. The number of rotatable bonds is 1. The minimum Gasteiger partial charge on any atom is -0.254 e. The Balaban J connectivity index is 2.59. The fourth-order valence-corrected chi connectivity index (χ4v) is 3.25. The van der Waals surface area contributed by atoms with Crippen LogP contribution in [0.1, 0.15) is 52.1 Å². The van der Waals surface area contributed by atoms with Gasteiger partial charge in [0.05, 0.1) is 11.4 Å². The number of thiazole rings is 1. The van der Waals surface area contributed by atoms with E-state index in [-0.39, 0.29) is 10.8 Å². The van der Waals surface area contributed by atoms with Crippen molar-refractivity contribution in [2.24, 2.45) is 0 Å². The lowest BCUT2D eigenvalue weighted by Crippen LogP contribution is -2.20. The lowest BCUT2D eigenvalue weighted by molar-refractivity contribution is 0.527. The summed E-state index contributed by atoms with van der Waals surface area (Å²) in [5.41, 5.74) is 2.35. The third kappa shape index (κ3) is 3.03. The van der Waals surface area contributed by atoms with Gasteiger partial charge in [-0.3, -0.25) is 4.98 Å². The van der Waals surface area contributed by atoms with Gasteiger partial charge in [-0.15, -0.1) is 11.3 Å². The summed E-state index contributed by atoms with van der Waals surface area (Å²) in [6.45, 7) is 13.4. The van der Waals surface area contributed by atoms with Crippen molar-refractivity contribution in [3.63, 3.8) is 0 Å². The van der Waals surface area contributed by atoms with Crippen molar-refractivity contribution in [1.29, 1.82) is 0 Å². The highest BCUT2D eigenvalue weighted by Crippen LogP contribution is 2.40. The Morgan fingerprint density at radius 1 is 0.947 bits per heavy atom. The van der Waals surface area contributed by atoms with Crippen LogP contribution in [-0.2, 0) is 10.8 Å². The molecule has 0 radical (unpaired) electrons.